The van der Waals surface area contributed by atoms with E-state index in [-0.39, 0.29) is 5.41 Å². The van der Waals surface area contributed by atoms with Gasteiger partial charge in [-0.3, -0.25) is 0 Å². The van der Waals surface area contributed by atoms with Gasteiger partial charge in [0.05, 0.1) is 0 Å². The van der Waals surface area contributed by atoms with E-state index in [1.807, 2.05) is 0 Å². The standard InChI is InChI=1S/C27H31N3S/c1-27(2,3)19-28-26(31)29-24-13-14-25-23(17-24)15-16-30(25)18-20-9-11-22(12-10-20)21-7-5-4-6-8-21/h4-14,17H,15-16,18-19H2,1-3H3,(H2,28,29,31). The van der Waals surface area contributed by atoms with Gasteiger partial charge in [0.2, 0.25) is 0 Å². The maximum Gasteiger partial charge on any atom is 0.170 e. The Labute approximate surface area is 191 Å². The van der Waals surface area contributed by atoms with E-state index >= 15 is 0 Å². The predicted octanol–water partition coefficient (Wildman–Crippen LogP) is 6.25. The molecule has 0 unspecified atom stereocenters. The van der Waals surface area contributed by atoms with E-state index in [4.69, 9.17) is 12.2 Å². The number of nitrogens with zero attached hydrogens (tertiary/aromatic N) is 1. The molecule has 0 aliphatic carbocycles. The lowest BCUT2D eigenvalue weighted by molar-refractivity contribution is 0.409. The molecular formula is C27H31N3S. The highest BCUT2D eigenvalue weighted by atomic mass is 32.1. The maximum absolute atomic E-state index is 5.46. The van der Waals surface area contributed by atoms with Crippen molar-refractivity contribution in [1.29, 1.82) is 0 Å². The molecular weight excluding hydrogens is 398 g/mol. The minimum atomic E-state index is 0.198. The van der Waals surface area contributed by atoms with Gasteiger partial charge in [0.15, 0.2) is 5.11 Å². The van der Waals surface area contributed by atoms with Crippen LogP contribution in [0.25, 0.3) is 11.1 Å². The van der Waals surface area contributed by atoms with Gasteiger partial charge in [-0.25, -0.2) is 0 Å². The first kappa shape index (κ1) is 21.4. The van der Waals surface area contributed by atoms with Crippen LogP contribution in [0.3, 0.4) is 0 Å². The van der Waals surface area contributed by atoms with Gasteiger partial charge in [-0.05, 0) is 64.5 Å². The summed E-state index contributed by atoms with van der Waals surface area (Å²) in [5.41, 5.74) is 7.81. The van der Waals surface area contributed by atoms with Crippen LogP contribution in [0.4, 0.5) is 11.4 Å². The molecule has 4 rings (SSSR count). The van der Waals surface area contributed by atoms with Crippen LogP contribution in [-0.4, -0.2) is 18.2 Å². The molecule has 1 aliphatic heterocycles. The minimum Gasteiger partial charge on any atom is -0.367 e. The Hall–Kier alpha value is -2.85. The van der Waals surface area contributed by atoms with Gasteiger partial charge in [0, 0.05) is 31.0 Å². The summed E-state index contributed by atoms with van der Waals surface area (Å²) in [5.74, 6) is 0. The third-order valence-electron chi connectivity index (χ3n) is 5.54. The predicted molar refractivity (Wildman–Crippen MR) is 137 cm³/mol. The van der Waals surface area contributed by atoms with E-state index in [0.717, 1.165) is 31.7 Å². The molecule has 31 heavy (non-hydrogen) atoms. The fourth-order valence-corrected chi connectivity index (χ4v) is 4.08. The SMILES string of the molecule is CC(C)(C)CNC(=S)Nc1ccc2c(c1)CCN2Cc1ccc(-c2ccccc2)cc1. The van der Waals surface area contributed by atoms with E-state index in [9.17, 15) is 0 Å². The molecule has 0 atom stereocenters. The summed E-state index contributed by atoms with van der Waals surface area (Å²) in [5, 5.41) is 7.32. The number of benzene rings is 3. The molecule has 0 bridgehead atoms. The Kier molecular flexibility index (Phi) is 6.28. The molecule has 0 saturated heterocycles. The van der Waals surface area contributed by atoms with Crippen LogP contribution in [0.15, 0.2) is 72.8 Å². The molecule has 160 valence electrons. The average molecular weight is 430 g/mol. The Balaban J connectivity index is 1.38. The van der Waals surface area contributed by atoms with Gasteiger partial charge >= 0.3 is 0 Å². The third kappa shape index (κ3) is 5.65. The number of thiocarbonyl (C=S) groups is 1. The Bertz CT molecular complexity index is 1040. The van der Waals surface area contributed by atoms with Crippen molar-refractivity contribution in [1.82, 2.24) is 5.32 Å². The van der Waals surface area contributed by atoms with Gasteiger partial charge in [-0.2, -0.15) is 0 Å². The number of rotatable bonds is 5. The van der Waals surface area contributed by atoms with Gasteiger partial charge < -0.3 is 15.5 Å². The second-order valence-electron chi connectivity index (χ2n) is 9.45. The van der Waals surface area contributed by atoms with E-state index in [1.165, 1.54) is 27.9 Å². The highest BCUT2D eigenvalue weighted by molar-refractivity contribution is 7.80. The van der Waals surface area contributed by atoms with Crippen molar-refractivity contribution in [2.24, 2.45) is 5.41 Å². The number of nitrogens with one attached hydrogen (secondary N) is 2. The van der Waals surface area contributed by atoms with Crippen molar-refractivity contribution in [2.45, 2.75) is 33.7 Å². The molecule has 4 heteroatoms. The fourth-order valence-electron chi connectivity index (χ4n) is 3.89. The quantitative estimate of drug-likeness (QED) is 0.469. The van der Waals surface area contributed by atoms with Crippen LogP contribution in [0.2, 0.25) is 0 Å². The van der Waals surface area contributed by atoms with E-state index < -0.39 is 0 Å². The van der Waals surface area contributed by atoms with Crippen LogP contribution >= 0.6 is 12.2 Å². The smallest absolute Gasteiger partial charge is 0.170 e. The highest BCUT2D eigenvalue weighted by Crippen LogP contribution is 2.32. The second kappa shape index (κ2) is 9.11. The lowest BCUT2D eigenvalue weighted by Gasteiger charge is -2.21. The van der Waals surface area contributed by atoms with Crippen molar-refractivity contribution < 1.29 is 0 Å². The number of fused-ring (bicyclic) bond motifs is 1. The summed E-state index contributed by atoms with van der Waals surface area (Å²) in [7, 11) is 0. The van der Waals surface area contributed by atoms with Crippen LogP contribution in [-0.2, 0) is 13.0 Å². The highest BCUT2D eigenvalue weighted by Gasteiger charge is 2.20. The summed E-state index contributed by atoms with van der Waals surface area (Å²) in [6.07, 6.45) is 1.06. The second-order valence-corrected chi connectivity index (χ2v) is 9.85. The third-order valence-corrected chi connectivity index (χ3v) is 5.79. The molecule has 1 heterocycles. The number of anilines is 2. The van der Waals surface area contributed by atoms with Gasteiger partial charge in [-0.1, -0.05) is 75.4 Å². The first-order valence-corrected chi connectivity index (χ1v) is 11.4. The monoisotopic (exact) mass is 429 g/mol. The molecule has 0 saturated carbocycles. The summed E-state index contributed by atoms with van der Waals surface area (Å²) in [6.45, 7) is 9.42. The molecule has 0 fully saturated rings. The van der Waals surface area contributed by atoms with Crippen molar-refractivity contribution in [2.75, 3.05) is 23.3 Å². The largest absolute Gasteiger partial charge is 0.367 e. The molecule has 0 radical (unpaired) electrons. The number of hydrogen-bond donors (Lipinski definition) is 2. The zero-order chi connectivity index (χ0) is 21.8. The molecule has 3 aromatic rings. The number of hydrogen-bond acceptors (Lipinski definition) is 2. The van der Waals surface area contributed by atoms with Crippen LogP contribution < -0.4 is 15.5 Å². The van der Waals surface area contributed by atoms with Gasteiger partial charge in [0.1, 0.15) is 0 Å². The fraction of sp³-hybridized carbons (Fsp3) is 0.296. The minimum absolute atomic E-state index is 0.198. The maximum atomic E-state index is 5.46. The van der Waals surface area contributed by atoms with Gasteiger partial charge in [-0.15, -0.1) is 0 Å². The average Bonchev–Trinajstić information content (AvgIpc) is 3.15. The molecule has 0 aromatic heterocycles. The molecule has 3 aromatic carbocycles. The summed E-state index contributed by atoms with van der Waals surface area (Å²) < 4.78 is 0. The zero-order valence-electron chi connectivity index (χ0n) is 18.6. The van der Waals surface area contributed by atoms with E-state index in [0.29, 0.717) is 5.11 Å². The van der Waals surface area contributed by atoms with E-state index in [1.54, 1.807) is 0 Å². The topological polar surface area (TPSA) is 27.3 Å². The normalized spacial score (nSPS) is 13.1. The van der Waals surface area contributed by atoms with Crippen LogP contribution in [0.5, 0.6) is 0 Å². The molecule has 3 nitrogen and oxygen atoms in total. The Morgan fingerprint density at radius 3 is 2.35 bits per heavy atom. The van der Waals surface area contributed by atoms with Crippen molar-refractivity contribution in [3.63, 3.8) is 0 Å². The lowest BCUT2D eigenvalue weighted by atomic mass is 9.97. The first-order chi connectivity index (χ1) is 14.9. The summed E-state index contributed by atoms with van der Waals surface area (Å²) >= 11 is 5.46. The zero-order valence-corrected chi connectivity index (χ0v) is 19.4. The molecule has 0 spiro atoms. The van der Waals surface area contributed by atoms with Crippen molar-refractivity contribution in [3.8, 4) is 11.1 Å². The first-order valence-electron chi connectivity index (χ1n) is 10.9. The molecule has 2 N–H and O–H groups in total. The Morgan fingerprint density at radius 1 is 0.935 bits per heavy atom. The Morgan fingerprint density at radius 2 is 1.65 bits per heavy atom. The lowest BCUT2D eigenvalue weighted by Crippen LogP contribution is -2.35. The van der Waals surface area contributed by atoms with Crippen LogP contribution in [0.1, 0.15) is 31.9 Å². The van der Waals surface area contributed by atoms with Gasteiger partial charge in [0.25, 0.3) is 0 Å². The van der Waals surface area contributed by atoms with Crippen molar-refractivity contribution >= 4 is 28.7 Å². The summed E-state index contributed by atoms with van der Waals surface area (Å²) in [4.78, 5) is 2.47. The van der Waals surface area contributed by atoms with Crippen LogP contribution in [0, 0.1) is 5.41 Å². The van der Waals surface area contributed by atoms with Crippen molar-refractivity contribution in [3.05, 3.63) is 83.9 Å². The summed E-state index contributed by atoms with van der Waals surface area (Å²) in [6, 6.07) is 26.0. The molecule has 1 aliphatic rings. The van der Waals surface area contributed by atoms with E-state index in [2.05, 4.69) is 109 Å². The molecule has 0 amide bonds.